The van der Waals surface area contributed by atoms with Crippen LogP contribution in [-0.2, 0) is 61.6 Å². The van der Waals surface area contributed by atoms with E-state index in [0.717, 1.165) is 5.57 Å². The van der Waals surface area contributed by atoms with Gasteiger partial charge in [-0.1, -0.05) is 53.2 Å². The quantitative estimate of drug-likeness (QED) is 0.0392. The molecule has 6 heterocycles. The van der Waals surface area contributed by atoms with Crippen LogP contribution in [0.5, 0.6) is 0 Å². The van der Waals surface area contributed by atoms with Gasteiger partial charge in [0.1, 0.15) is 128 Å². The molecule has 11 rings (SSSR count). The lowest BCUT2D eigenvalue weighted by Crippen LogP contribution is -2.67. The summed E-state index contributed by atoms with van der Waals surface area (Å²) in [4.78, 5) is 15.3. The SMILES string of the molecule is C[C@@H]1O[C@H](O[C@H]2[C@H](O[C@H]3CC[C@@]4(C)[C@@H](CC[C@]5(C)[C@@H]4CC=C4[C@@H]6CC(C)(C)CC[C@]6(C(=O)O[C@@H]6O[C@H](CO[C@@H]7O[C@H](CO)[C@@H](O[C@H]8O[C@@H](C)[C@H](O)[C@@H](O)[C@H]8O)[C@H](O)[C@H]7O)[C@@H](O)[C@H](O)[C@H]6O)CC[C@]45C)[C@]3(C)CO)OC[C@H](O[C@@H]3O[C@H](CO)[C@@H](O)[C@H](O)[C@H]3O)[C@@H]2O)[C@H](O)[C@H](O)[C@H]1O. The summed E-state index contributed by atoms with van der Waals surface area (Å²) in [6, 6.07) is 0. The Labute approximate surface area is 556 Å². The largest absolute Gasteiger partial charge is 0.432 e. The third-order valence-corrected chi connectivity index (χ3v) is 25.3. The van der Waals surface area contributed by atoms with Gasteiger partial charge in [-0.25, -0.2) is 0 Å². The lowest BCUT2D eigenvalue weighted by molar-refractivity contribution is -0.381. The lowest BCUT2D eigenvalue weighted by atomic mass is 9.33. The number of ether oxygens (including phenoxy) is 12. The smallest absolute Gasteiger partial charge is 0.315 e. The van der Waals surface area contributed by atoms with Gasteiger partial charge in [0.05, 0.1) is 56.8 Å². The molecule has 0 spiro atoms. The first-order valence-corrected chi connectivity index (χ1v) is 34.1. The van der Waals surface area contributed by atoms with Crippen molar-refractivity contribution in [1.82, 2.24) is 0 Å². The summed E-state index contributed by atoms with van der Waals surface area (Å²) in [5, 5.41) is 196. The van der Waals surface area contributed by atoms with Crippen molar-refractivity contribution in [3.05, 3.63) is 11.6 Å². The van der Waals surface area contributed by atoms with Gasteiger partial charge in [0.2, 0.25) is 6.29 Å². The third kappa shape index (κ3) is 12.8. The molecule has 0 aromatic carbocycles. The number of allylic oxidation sites excluding steroid dienone is 2. The van der Waals surface area contributed by atoms with Crippen LogP contribution in [0.3, 0.4) is 0 Å². The van der Waals surface area contributed by atoms with E-state index in [4.69, 9.17) is 56.8 Å². The van der Waals surface area contributed by atoms with Gasteiger partial charge in [-0.15, -0.1) is 0 Å². The van der Waals surface area contributed by atoms with Gasteiger partial charge in [-0.3, -0.25) is 4.79 Å². The van der Waals surface area contributed by atoms with Crippen LogP contribution in [0.15, 0.2) is 11.6 Å². The van der Waals surface area contributed by atoms with Gasteiger partial charge < -0.3 is 149 Å². The standard InChI is InChI=1S/C65H106O31/c1-25-36(69)41(74)46(79)54(87-25)94-51-30(21-67)90-53(50(83)45(51)78)85-22-31-39(72)44(77)49(82)57(91-31)96-59(84)65-17-15-60(3,4)19-28(65)27-9-10-34-61(5)13-12-35(62(6,24-68)33(61)11-14-64(34,8)63(27,7)16-18-65)93-58-52(95-55-47(80)42(75)37(70)26(2)88-55)40(73)32(23-86-58)92-56-48(81)43(76)38(71)29(20-66)89-56/h9,25-26,28-58,66-83H,10-24H2,1-8H3/t25-,26-,28-,29+,30+,31+,32-,33+,34+,35-,36-,37-,38+,39+,40-,41+,42+,43-,44-,45+,46+,47+,48+,49+,50+,51+,52+,53+,54+,55+,56-,57-,58-,61-,62-,63+,64+,65-/m0/s1. The van der Waals surface area contributed by atoms with E-state index in [0.29, 0.717) is 64.2 Å². The number of fused-ring (bicyclic) bond motifs is 7. The minimum absolute atomic E-state index is 0.0451. The fourth-order valence-electron chi connectivity index (χ4n) is 19.0. The molecule has 10 fully saturated rings. The van der Waals surface area contributed by atoms with Gasteiger partial charge in [0.25, 0.3) is 0 Å². The summed E-state index contributed by atoms with van der Waals surface area (Å²) >= 11 is 0. The zero-order valence-corrected chi connectivity index (χ0v) is 55.6. The molecule has 6 aliphatic heterocycles. The van der Waals surface area contributed by atoms with Crippen LogP contribution in [0.1, 0.15) is 120 Å². The van der Waals surface area contributed by atoms with Crippen molar-refractivity contribution in [1.29, 1.82) is 0 Å². The Morgan fingerprint density at radius 3 is 1.64 bits per heavy atom. The number of carbonyl (C=O) groups excluding carboxylic acids is 1. The van der Waals surface area contributed by atoms with E-state index in [-0.39, 0.29) is 35.2 Å². The molecule has 0 unspecified atom stereocenters. The fourth-order valence-corrected chi connectivity index (χ4v) is 19.0. The molecule has 0 aromatic heterocycles. The maximum atomic E-state index is 15.3. The maximum Gasteiger partial charge on any atom is 0.315 e. The number of hydrogen-bond donors (Lipinski definition) is 18. The molecule has 5 aliphatic carbocycles. The van der Waals surface area contributed by atoms with E-state index in [1.165, 1.54) is 13.8 Å². The van der Waals surface area contributed by atoms with Crippen molar-refractivity contribution in [2.75, 3.05) is 33.0 Å². The number of rotatable bonds is 16. The van der Waals surface area contributed by atoms with Crippen molar-refractivity contribution in [2.45, 2.75) is 304 Å². The number of aliphatic hydroxyl groups is 18. The predicted octanol–water partition coefficient (Wildman–Crippen LogP) is -4.72. The van der Waals surface area contributed by atoms with Crippen LogP contribution >= 0.6 is 0 Å². The third-order valence-electron chi connectivity index (χ3n) is 25.3. The number of aliphatic hydroxyl groups excluding tert-OH is 18. The molecule has 18 N–H and O–H groups in total. The Morgan fingerprint density at radius 2 is 1.03 bits per heavy atom. The molecule has 0 aromatic rings. The highest BCUT2D eigenvalue weighted by Crippen LogP contribution is 2.76. The van der Waals surface area contributed by atoms with Crippen molar-refractivity contribution >= 4 is 5.97 Å². The molecule has 31 heteroatoms. The second-order valence-corrected chi connectivity index (χ2v) is 31.3. The Balaban J connectivity index is 0.787. The Hall–Kier alpha value is -1.95. The van der Waals surface area contributed by atoms with Crippen molar-refractivity contribution in [2.24, 2.45) is 50.2 Å². The average Bonchev–Trinajstić information content (AvgIpc) is 0.675. The van der Waals surface area contributed by atoms with Crippen molar-refractivity contribution in [3.63, 3.8) is 0 Å². The maximum absolute atomic E-state index is 15.3. The number of hydrogen-bond acceptors (Lipinski definition) is 31. The first-order chi connectivity index (χ1) is 45.1. The number of carbonyl (C=O) groups is 1. The van der Waals surface area contributed by atoms with Crippen LogP contribution in [-0.4, -0.2) is 315 Å². The molecule has 0 radical (unpaired) electrons. The lowest BCUT2D eigenvalue weighted by Gasteiger charge is -2.71. The molecule has 552 valence electrons. The summed E-state index contributed by atoms with van der Waals surface area (Å²) in [6.45, 7) is 13.1. The molecule has 4 saturated carbocycles. The highest BCUT2D eigenvalue weighted by atomic mass is 16.8. The van der Waals surface area contributed by atoms with Gasteiger partial charge in [0, 0.05) is 5.41 Å². The van der Waals surface area contributed by atoms with Crippen molar-refractivity contribution in [3.8, 4) is 0 Å². The molecule has 31 nitrogen and oxygen atoms in total. The molecule has 38 atom stereocenters. The summed E-state index contributed by atoms with van der Waals surface area (Å²) < 4.78 is 71.8. The van der Waals surface area contributed by atoms with Crippen LogP contribution in [0.25, 0.3) is 0 Å². The van der Waals surface area contributed by atoms with E-state index in [2.05, 4.69) is 40.7 Å². The topological polar surface area (TPSA) is 492 Å². The van der Waals surface area contributed by atoms with Gasteiger partial charge in [-0.05, 0) is 117 Å². The molecule has 0 bridgehead atoms. The molecule has 6 saturated heterocycles. The van der Waals surface area contributed by atoms with Crippen LogP contribution < -0.4 is 0 Å². The highest BCUT2D eigenvalue weighted by molar-refractivity contribution is 5.79. The molecule has 11 aliphatic rings. The second-order valence-electron chi connectivity index (χ2n) is 31.3. The van der Waals surface area contributed by atoms with Crippen LogP contribution in [0, 0.1) is 50.2 Å². The normalized spacial score (nSPS) is 55.1. The summed E-state index contributed by atoms with van der Waals surface area (Å²) in [5.74, 6) is -1.11. The predicted molar refractivity (Wildman–Crippen MR) is 321 cm³/mol. The van der Waals surface area contributed by atoms with E-state index in [1.54, 1.807) is 0 Å². The monoisotopic (exact) mass is 1380 g/mol. The second kappa shape index (κ2) is 28.3. The highest BCUT2D eigenvalue weighted by Gasteiger charge is 2.71. The Morgan fingerprint density at radius 1 is 0.500 bits per heavy atom. The van der Waals surface area contributed by atoms with Crippen molar-refractivity contribution < 1.29 is 154 Å². The zero-order valence-electron chi connectivity index (χ0n) is 55.6. The van der Waals surface area contributed by atoms with E-state index in [9.17, 15) is 91.9 Å². The van der Waals surface area contributed by atoms with E-state index < -0.39 is 238 Å². The molecular weight excluding hydrogens is 1280 g/mol. The van der Waals surface area contributed by atoms with Crippen LogP contribution in [0.4, 0.5) is 0 Å². The van der Waals surface area contributed by atoms with E-state index >= 15 is 4.79 Å². The number of esters is 1. The molecule has 96 heavy (non-hydrogen) atoms. The minimum Gasteiger partial charge on any atom is -0.432 e. The summed E-state index contributed by atoms with van der Waals surface area (Å²) in [6.07, 6.45) is -40.2. The zero-order chi connectivity index (χ0) is 70.0. The fraction of sp³-hybridized carbons (Fsp3) is 0.954. The Kier molecular flexibility index (Phi) is 22.1. The van der Waals surface area contributed by atoms with Gasteiger partial charge in [-0.2, -0.15) is 0 Å². The van der Waals surface area contributed by atoms with Crippen LogP contribution in [0.2, 0.25) is 0 Å². The first kappa shape index (κ1) is 75.2. The average molecular weight is 1380 g/mol. The molecular formula is C65H106O31. The first-order valence-electron chi connectivity index (χ1n) is 34.1. The Bertz CT molecular complexity index is 2690. The summed E-state index contributed by atoms with van der Waals surface area (Å²) in [7, 11) is 0. The van der Waals surface area contributed by atoms with Gasteiger partial charge in [0.15, 0.2) is 31.5 Å². The van der Waals surface area contributed by atoms with E-state index in [1.807, 2.05) is 6.92 Å². The molecule has 0 amide bonds. The minimum atomic E-state index is -1.93. The summed E-state index contributed by atoms with van der Waals surface area (Å²) in [5.41, 5.74) is -2.40. The van der Waals surface area contributed by atoms with Gasteiger partial charge >= 0.3 is 5.97 Å².